The molecule has 1 atom stereocenters. The highest BCUT2D eigenvalue weighted by atomic mass is 16.7. The van der Waals surface area contributed by atoms with Crippen LogP contribution in [0.1, 0.15) is 20.3 Å². The van der Waals surface area contributed by atoms with Gasteiger partial charge in [0.15, 0.2) is 11.5 Å². The minimum Gasteiger partial charge on any atom is -0.493 e. The van der Waals surface area contributed by atoms with E-state index in [4.69, 9.17) is 18.9 Å². The number of nitrogens with one attached hydrogen (secondary N) is 1. The monoisotopic (exact) mass is 295 g/mol. The normalized spacial score (nSPS) is 15.4. The Morgan fingerprint density at radius 1 is 1.38 bits per heavy atom. The zero-order valence-corrected chi connectivity index (χ0v) is 12.6. The lowest BCUT2D eigenvalue weighted by Gasteiger charge is -2.26. The van der Waals surface area contributed by atoms with Crippen molar-refractivity contribution in [2.75, 3.05) is 27.1 Å². The van der Waals surface area contributed by atoms with Crippen LogP contribution in [-0.4, -0.2) is 38.6 Å². The summed E-state index contributed by atoms with van der Waals surface area (Å²) in [7, 11) is 1.73. The number of carbonyl (C=O) groups is 1. The van der Waals surface area contributed by atoms with Crippen LogP contribution in [0.2, 0.25) is 0 Å². The van der Waals surface area contributed by atoms with Gasteiger partial charge in [-0.05, 0) is 33.0 Å². The van der Waals surface area contributed by atoms with Gasteiger partial charge >= 0.3 is 5.97 Å². The number of fused-ring (bicyclic) bond motifs is 1. The van der Waals surface area contributed by atoms with E-state index in [1.807, 2.05) is 6.07 Å². The molecular weight excluding hydrogens is 274 g/mol. The number of ether oxygens (including phenoxy) is 4. The maximum Gasteiger partial charge on any atom is 0.326 e. The molecule has 0 spiro atoms. The van der Waals surface area contributed by atoms with Gasteiger partial charge in [-0.25, -0.2) is 0 Å². The molecule has 0 saturated carbocycles. The van der Waals surface area contributed by atoms with Crippen LogP contribution < -0.4 is 19.5 Å². The van der Waals surface area contributed by atoms with Gasteiger partial charge in [-0.15, -0.1) is 0 Å². The van der Waals surface area contributed by atoms with Crippen LogP contribution in [0.5, 0.6) is 17.2 Å². The average molecular weight is 295 g/mol. The van der Waals surface area contributed by atoms with Gasteiger partial charge in [0.05, 0.1) is 13.2 Å². The summed E-state index contributed by atoms with van der Waals surface area (Å²) in [5.41, 5.74) is -0.758. The number of hydrogen-bond donors (Lipinski definition) is 1. The van der Waals surface area contributed by atoms with E-state index in [1.165, 1.54) is 0 Å². The number of hydrogen-bond acceptors (Lipinski definition) is 6. The molecule has 0 aliphatic carbocycles. The lowest BCUT2D eigenvalue weighted by molar-refractivity contribution is -0.150. The van der Waals surface area contributed by atoms with E-state index < -0.39 is 5.54 Å². The zero-order chi connectivity index (χ0) is 15.3. The fourth-order valence-corrected chi connectivity index (χ4v) is 1.96. The number of carbonyl (C=O) groups excluding carboxylic acids is 1. The summed E-state index contributed by atoms with van der Waals surface area (Å²) < 4.78 is 21.3. The van der Waals surface area contributed by atoms with Crippen molar-refractivity contribution < 1.29 is 23.7 Å². The molecule has 1 aliphatic rings. The Morgan fingerprint density at radius 2 is 2.14 bits per heavy atom. The van der Waals surface area contributed by atoms with Crippen LogP contribution in [0.4, 0.5) is 0 Å². The average Bonchev–Trinajstić information content (AvgIpc) is 2.94. The minimum atomic E-state index is -0.758. The Balaban J connectivity index is 1.89. The maximum atomic E-state index is 11.9. The maximum absolute atomic E-state index is 11.9. The molecule has 0 amide bonds. The molecule has 0 saturated heterocycles. The molecule has 0 fully saturated rings. The molecule has 116 valence electrons. The third kappa shape index (κ3) is 3.58. The Morgan fingerprint density at radius 3 is 2.86 bits per heavy atom. The van der Waals surface area contributed by atoms with Gasteiger partial charge < -0.3 is 24.3 Å². The Hall–Kier alpha value is -1.95. The first-order valence-corrected chi connectivity index (χ1v) is 6.97. The van der Waals surface area contributed by atoms with Crippen LogP contribution in [0.15, 0.2) is 18.2 Å². The summed E-state index contributed by atoms with van der Waals surface area (Å²) in [4.78, 5) is 11.9. The number of benzene rings is 1. The highest BCUT2D eigenvalue weighted by molar-refractivity contribution is 5.80. The van der Waals surface area contributed by atoms with Gasteiger partial charge in [0.1, 0.15) is 11.3 Å². The molecule has 21 heavy (non-hydrogen) atoms. The predicted molar refractivity (Wildman–Crippen MR) is 76.8 cm³/mol. The van der Waals surface area contributed by atoms with Gasteiger partial charge in [0, 0.05) is 12.5 Å². The number of rotatable bonds is 7. The molecular formula is C15H21NO5. The largest absolute Gasteiger partial charge is 0.493 e. The molecule has 0 aromatic heterocycles. The summed E-state index contributed by atoms with van der Waals surface area (Å²) in [5, 5.41) is 2.99. The molecule has 0 bridgehead atoms. The SMILES string of the molecule is CCOC(=O)C(C)(CCOc1ccc2c(c1)OCO2)NC. The van der Waals surface area contributed by atoms with Crippen LogP contribution >= 0.6 is 0 Å². The first kappa shape index (κ1) is 15.4. The van der Waals surface area contributed by atoms with Gasteiger partial charge in [0.2, 0.25) is 6.79 Å². The summed E-state index contributed by atoms with van der Waals surface area (Å²) in [6.45, 7) is 4.57. The van der Waals surface area contributed by atoms with E-state index >= 15 is 0 Å². The van der Waals surface area contributed by atoms with E-state index in [9.17, 15) is 4.79 Å². The van der Waals surface area contributed by atoms with Crippen molar-refractivity contribution >= 4 is 5.97 Å². The highest BCUT2D eigenvalue weighted by Gasteiger charge is 2.32. The van der Waals surface area contributed by atoms with E-state index in [0.717, 1.165) is 0 Å². The molecule has 6 nitrogen and oxygen atoms in total. The fraction of sp³-hybridized carbons (Fsp3) is 0.533. The topological polar surface area (TPSA) is 66.0 Å². The van der Waals surface area contributed by atoms with Crippen molar-refractivity contribution in [3.8, 4) is 17.2 Å². The summed E-state index contributed by atoms with van der Waals surface area (Å²) >= 11 is 0. The molecule has 1 heterocycles. The Labute approximate surface area is 124 Å². The lowest BCUT2D eigenvalue weighted by atomic mass is 9.99. The van der Waals surface area contributed by atoms with E-state index in [2.05, 4.69) is 5.32 Å². The molecule has 2 rings (SSSR count). The third-order valence-electron chi connectivity index (χ3n) is 3.49. The second-order valence-corrected chi connectivity index (χ2v) is 4.92. The van der Waals surface area contributed by atoms with Gasteiger partial charge in [-0.1, -0.05) is 0 Å². The van der Waals surface area contributed by atoms with Crippen LogP contribution in [-0.2, 0) is 9.53 Å². The fourth-order valence-electron chi connectivity index (χ4n) is 1.96. The predicted octanol–water partition coefficient (Wildman–Crippen LogP) is 1.73. The molecule has 1 N–H and O–H groups in total. The zero-order valence-electron chi connectivity index (χ0n) is 12.6. The number of esters is 1. The summed E-state index contributed by atoms with van der Waals surface area (Å²) in [5.74, 6) is 1.80. The van der Waals surface area contributed by atoms with Gasteiger partial charge in [-0.3, -0.25) is 4.79 Å². The van der Waals surface area contributed by atoms with E-state index in [1.54, 1.807) is 33.0 Å². The van der Waals surface area contributed by atoms with Gasteiger partial charge in [-0.2, -0.15) is 0 Å². The van der Waals surface area contributed by atoms with Crippen molar-refractivity contribution in [2.24, 2.45) is 0 Å². The van der Waals surface area contributed by atoms with Crippen LogP contribution in [0.3, 0.4) is 0 Å². The highest BCUT2D eigenvalue weighted by Crippen LogP contribution is 2.35. The van der Waals surface area contributed by atoms with Gasteiger partial charge in [0.25, 0.3) is 0 Å². The number of likely N-dealkylation sites (N-methyl/N-ethyl adjacent to an activating group) is 1. The van der Waals surface area contributed by atoms with Crippen LogP contribution in [0, 0.1) is 0 Å². The molecule has 1 aliphatic heterocycles. The van der Waals surface area contributed by atoms with Crippen molar-refractivity contribution in [2.45, 2.75) is 25.8 Å². The summed E-state index contributed by atoms with van der Waals surface area (Å²) in [6, 6.07) is 5.40. The van der Waals surface area contributed by atoms with Crippen molar-refractivity contribution in [3.63, 3.8) is 0 Å². The first-order valence-electron chi connectivity index (χ1n) is 6.97. The molecule has 6 heteroatoms. The third-order valence-corrected chi connectivity index (χ3v) is 3.49. The smallest absolute Gasteiger partial charge is 0.326 e. The second kappa shape index (κ2) is 6.67. The lowest BCUT2D eigenvalue weighted by Crippen LogP contribution is -2.49. The molecule has 1 unspecified atom stereocenters. The van der Waals surface area contributed by atoms with E-state index in [-0.39, 0.29) is 12.8 Å². The second-order valence-electron chi connectivity index (χ2n) is 4.92. The first-order chi connectivity index (χ1) is 10.1. The minimum absolute atomic E-state index is 0.236. The van der Waals surface area contributed by atoms with Crippen LogP contribution in [0.25, 0.3) is 0 Å². The molecule has 1 aromatic carbocycles. The van der Waals surface area contributed by atoms with E-state index in [0.29, 0.717) is 36.9 Å². The molecule has 0 radical (unpaired) electrons. The summed E-state index contributed by atoms with van der Waals surface area (Å²) in [6.07, 6.45) is 0.497. The van der Waals surface area contributed by atoms with Crippen molar-refractivity contribution in [3.05, 3.63) is 18.2 Å². The van der Waals surface area contributed by atoms with Crippen molar-refractivity contribution in [1.29, 1.82) is 0 Å². The molecule has 1 aromatic rings. The van der Waals surface area contributed by atoms with Crippen molar-refractivity contribution in [1.82, 2.24) is 5.32 Å². The Bertz CT molecular complexity index is 505. The quantitative estimate of drug-likeness (QED) is 0.773. The standard InChI is InChI=1S/C15H21NO5/c1-4-18-14(17)15(2,16-3)7-8-19-11-5-6-12-13(9-11)21-10-20-12/h5-6,9,16H,4,7-8,10H2,1-3H3. The Kier molecular flexibility index (Phi) is 4.90.